The number of carbonyl (C=O) groups is 1. The standard InChI is InChI=1S/C15H22ClNO2S/c1-3-19-14(18)15(2,17)9-6-10-20-11-12-7-4-5-8-13(12)16/h4-5,7-8H,3,6,9-11,17H2,1-2H3. The summed E-state index contributed by atoms with van der Waals surface area (Å²) < 4.78 is 4.96. The van der Waals surface area contributed by atoms with E-state index in [9.17, 15) is 4.79 Å². The Hall–Kier alpha value is -0.710. The summed E-state index contributed by atoms with van der Waals surface area (Å²) in [5.74, 6) is 1.49. The topological polar surface area (TPSA) is 52.3 Å². The highest BCUT2D eigenvalue weighted by molar-refractivity contribution is 7.98. The molecule has 1 atom stereocenters. The van der Waals surface area contributed by atoms with E-state index in [2.05, 4.69) is 0 Å². The summed E-state index contributed by atoms with van der Waals surface area (Å²) in [5, 5.41) is 0.801. The first-order chi connectivity index (χ1) is 9.47. The largest absolute Gasteiger partial charge is 0.465 e. The lowest BCUT2D eigenvalue weighted by atomic mass is 9.98. The van der Waals surface area contributed by atoms with Crippen LogP contribution >= 0.6 is 23.4 Å². The molecule has 20 heavy (non-hydrogen) atoms. The fourth-order valence-corrected chi connectivity index (χ4v) is 2.98. The van der Waals surface area contributed by atoms with Gasteiger partial charge in [-0.05, 0) is 44.1 Å². The van der Waals surface area contributed by atoms with E-state index < -0.39 is 5.54 Å². The van der Waals surface area contributed by atoms with Crippen molar-refractivity contribution < 1.29 is 9.53 Å². The summed E-state index contributed by atoms with van der Waals surface area (Å²) in [6, 6.07) is 7.84. The number of esters is 1. The Kier molecular flexibility index (Phi) is 7.41. The van der Waals surface area contributed by atoms with E-state index in [1.807, 2.05) is 24.3 Å². The van der Waals surface area contributed by atoms with Crippen molar-refractivity contribution >= 4 is 29.3 Å². The van der Waals surface area contributed by atoms with E-state index in [0.717, 1.165) is 28.5 Å². The van der Waals surface area contributed by atoms with Crippen molar-refractivity contribution in [3.8, 4) is 0 Å². The van der Waals surface area contributed by atoms with Gasteiger partial charge in [0.05, 0.1) is 6.61 Å². The van der Waals surface area contributed by atoms with E-state index in [4.69, 9.17) is 22.1 Å². The van der Waals surface area contributed by atoms with E-state index in [1.165, 1.54) is 0 Å². The number of hydrogen-bond donors (Lipinski definition) is 1. The summed E-state index contributed by atoms with van der Waals surface area (Å²) in [6.07, 6.45) is 1.50. The molecular weight excluding hydrogens is 294 g/mol. The van der Waals surface area contributed by atoms with Crippen LogP contribution in [0.3, 0.4) is 0 Å². The Morgan fingerprint density at radius 2 is 2.15 bits per heavy atom. The third-order valence-corrected chi connectivity index (χ3v) is 4.40. The first kappa shape index (κ1) is 17.3. The van der Waals surface area contributed by atoms with Gasteiger partial charge < -0.3 is 10.5 Å². The van der Waals surface area contributed by atoms with E-state index in [0.29, 0.717) is 13.0 Å². The summed E-state index contributed by atoms with van der Waals surface area (Å²) >= 11 is 7.89. The summed E-state index contributed by atoms with van der Waals surface area (Å²) in [5.41, 5.74) is 6.21. The number of benzene rings is 1. The molecule has 0 aromatic heterocycles. The molecule has 0 aliphatic heterocycles. The second kappa shape index (κ2) is 8.55. The van der Waals surface area contributed by atoms with Crippen molar-refractivity contribution in [2.24, 2.45) is 5.73 Å². The summed E-state index contributed by atoms with van der Waals surface area (Å²) in [7, 11) is 0. The molecule has 0 aliphatic rings. The zero-order chi connectivity index (χ0) is 15.0. The van der Waals surface area contributed by atoms with Gasteiger partial charge in [-0.1, -0.05) is 29.8 Å². The van der Waals surface area contributed by atoms with Gasteiger partial charge in [-0.3, -0.25) is 4.79 Å². The highest BCUT2D eigenvalue weighted by Gasteiger charge is 2.28. The van der Waals surface area contributed by atoms with Crippen LogP contribution in [0.25, 0.3) is 0 Å². The molecule has 3 nitrogen and oxygen atoms in total. The van der Waals surface area contributed by atoms with Crippen LogP contribution in [0, 0.1) is 0 Å². The fraction of sp³-hybridized carbons (Fsp3) is 0.533. The zero-order valence-electron chi connectivity index (χ0n) is 12.0. The molecule has 0 amide bonds. The molecular formula is C15H22ClNO2S. The Morgan fingerprint density at radius 1 is 1.45 bits per heavy atom. The Labute approximate surface area is 130 Å². The highest BCUT2D eigenvalue weighted by Crippen LogP contribution is 2.22. The molecule has 1 aromatic carbocycles. The molecule has 1 rings (SSSR count). The summed E-state index contributed by atoms with van der Waals surface area (Å²) in [4.78, 5) is 11.6. The van der Waals surface area contributed by atoms with Crippen LogP contribution < -0.4 is 5.73 Å². The number of carbonyl (C=O) groups excluding carboxylic acids is 1. The molecule has 1 unspecified atom stereocenters. The third kappa shape index (κ3) is 5.73. The molecule has 2 N–H and O–H groups in total. The second-order valence-electron chi connectivity index (χ2n) is 4.89. The van der Waals surface area contributed by atoms with Crippen molar-refractivity contribution in [1.82, 2.24) is 0 Å². The molecule has 0 bridgehead atoms. The van der Waals surface area contributed by atoms with Crippen molar-refractivity contribution in [2.45, 2.75) is 38.0 Å². The van der Waals surface area contributed by atoms with Gasteiger partial charge in [0.1, 0.15) is 5.54 Å². The van der Waals surface area contributed by atoms with Crippen LogP contribution in [-0.4, -0.2) is 23.9 Å². The lowest BCUT2D eigenvalue weighted by molar-refractivity contribution is -0.149. The fourth-order valence-electron chi connectivity index (χ4n) is 1.74. The molecule has 0 spiro atoms. The Balaban J connectivity index is 2.25. The quantitative estimate of drug-likeness (QED) is 0.588. The summed E-state index contributed by atoms with van der Waals surface area (Å²) in [6.45, 7) is 3.88. The third-order valence-electron chi connectivity index (χ3n) is 2.94. The van der Waals surface area contributed by atoms with Crippen LogP contribution in [0.1, 0.15) is 32.3 Å². The average molecular weight is 316 g/mol. The predicted molar refractivity (Wildman–Crippen MR) is 86.1 cm³/mol. The number of thioether (sulfide) groups is 1. The van der Waals surface area contributed by atoms with Gasteiger partial charge >= 0.3 is 5.97 Å². The molecule has 112 valence electrons. The maximum atomic E-state index is 11.6. The lowest BCUT2D eigenvalue weighted by Gasteiger charge is -2.21. The SMILES string of the molecule is CCOC(=O)C(C)(N)CCCSCc1ccccc1Cl. The molecule has 0 heterocycles. The van der Waals surface area contributed by atoms with E-state index in [1.54, 1.807) is 25.6 Å². The smallest absolute Gasteiger partial charge is 0.325 e. The molecule has 5 heteroatoms. The number of ether oxygens (including phenoxy) is 1. The van der Waals surface area contributed by atoms with E-state index >= 15 is 0 Å². The van der Waals surface area contributed by atoms with Crippen molar-refractivity contribution in [2.75, 3.05) is 12.4 Å². The normalized spacial score (nSPS) is 13.8. The van der Waals surface area contributed by atoms with Crippen molar-refractivity contribution in [3.05, 3.63) is 34.9 Å². The molecule has 1 aromatic rings. The van der Waals surface area contributed by atoms with Crippen LogP contribution in [0.5, 0.6) is 0 Å². The lowest BCUT2D eigenvalue weighted by Crippen LogP contribution is -2.46. The van der Waals surface area contributed by atoms with Crippen molar-refractivity contribution in [3.63, 3.8) is 0 Å². The van der Waals surface area contributed by atoms with Gasteiger partial charge in [-0.2, -0.15) is 11.8 Å². The predicted octanol–water partition coefficient (Wildman–Crippen LogP) is 3.63. The number of rotatable bonds is 8. The van der Waals surface area contributed by atoms with Gasteiger partial charge in [0, 0.05) is 10.8 Å². The van der Waals surface area contributed by atoms with Crippen molar-refractivity contribution in [1.29, 1.82) is 0 Å². The minimum Gasteiger partial charge on any atom is -0.465 e. The van der Waals surface area contributed by atoms with Gasteiger partial charge in [0.25, 0.3) is 0 Å². The number of nitrogens with two attached hydrogens (primary N) is 1. The highest BCUT2D eigenvalue weighted by atomic mass is 35.5. The molecule has 0 saturated carbocycles. The monoisotopic (exact) mass is 315 g/mol. The van der Waals surface area contributed by atoms with E-state index in [-0.39, 0.29) is 5.97 Å². The van der Waals surface area contributed by atoms with Crippen LogP contribution in [0.4, 0.5) is 0 Å². The maximum absolute atomic E-state index is 11.6. The Morgan fingerprint density at radius 3 is 2.80 bits per heavy atom. The molecule has 0 fully saturated rings. The molecule has 0 aliphatic carbocycles. The molecule has 0 radical (unpaired) electrons. The number of halogens is 1. The minimum atomic E-state index is -0.888. The maximum Gasteiger partial charge on any atom is 0.325 e. The zero-order valence-corrected chi connectivity index (χ0v) is 13.6. The first-order valence-corrected chi connectivity index (χ1v) is 8.28. The van der Waals surface area contributed by atoms with Gasteiger partial charge in [0.15, 0.2) is 0 Å². The van der Waals surface area contributed by atoms with Gasteiger partial charge in [-0.25, -0.2) is 0 Å². The van der Waals surface area contributed by atoms with Gasteiger partial charge in [-0.15, -0.1) is 0 Å². The molecule has 0 saturated heterocycles. The minimum absolute atomic E-state index is 0.323. The first-order valence-electron chi connectivity index (χ1n) is 6.74. The average Bonchev–Trinajstić information content (AvgIpc) is 2.40. The van der Waals surface area contributed by atoms with Crippen LogP contribution in [-0.2, 0) is 15.3 Å². The van der Waals surface area contributed by atoms with Crippen LogP contribution in [0.2, 0.25) is 5.02 Å². The second-order valence-corrected chi connectivity index (χ2v) is 6.40. The Bertz CT molecular complexity index is 438. The van der Waals surface area contributed by atoms with Crippen LogP contribution in [0.15, 0.2) is 24.3 Å². The van der Waals surface area contributed by atoms with Gasteiger partial charge in [0.2, 0.25) is 0 Å². The number of hydrogen-bond acceptors (Lipinski definition) is 4.